The van der Waals surface area contributed by atoms with Gasteiger partial charge in [-0.25, -0.2) is 9.59 Å². The van der Waals surface area contributed by atoms with Crippen molar-refractivity contribution in [1.82, 2.24) is 4.90 Å². The molecule has 0 aromatic rings. The molecule has 1 unspecified atom stereocenters. The first kappa shape index (κ1) is 20.3. The number of esters is 1. The molecule has 7 nitrogen and oxygen atoms in total. The topological polar surface area (TPSA) is 93.1 Å². The van der Waals surface area contributed by atoms with Crippen molar-refractivity contribution < 1.29 is 30.3 Å². The van der Waals surface area contributed by atoms with Crippen molar-refractivity contribution in [3.63, 3.8) is 0 Å². The van der Waals surface area contributed by atoms with Gasteiger partial charge in [0.1, 0.15) is 24.3 Å². The molecular formula is C19H31NO6. The molecule has 0 spiro atoms. The predicted octanol–water partition coefficient (Wildman–Crippen LogP) is 3.38. The molecule has 0 aromatic carbocycles. The molecule has 148 valence electrons. The minimum Gasteiger partial charge on any atom is -0.479 e. The van der Waals surface area contributed by atoms with Gasteiger partial charge in [0.05, 0.1) is 1.37 Å². The summed E-state index contributed by atoms with van der Waals surface area (Å²) >= 11 is 0. The highest BCUT2D eigenvalue weighted by molar-refractivity contribution is 5.87. The summed E-state index contributed by atoms with van der Waals surface area (Å²) < 4.78 is 18.5. The zero-order chi connectivity index (χ0) is 20.8. The summed E-state index contributed by atoms with van der Waals surface area (Å²) in [4.78, 5) is 38.1. The van der Waals surface area contributed by atoms with Gasteiger partial charge in [-0.2, -0.15) is 0 Å². The minimum atomic E-state index is -1.86. The van der Waals surface area contributed by atoms with Gasteiger partial charge in [0, 0.05) is 0 Å². The summed E-state index contributed by atoms with van der Waals surface area (Å²) in [5.41, 5.74) is -2.64. The van der Waals surface area contributed by atoms with E-state index in [1.807, 2.05) is 0 Å². The lowest BCUT2D eigenvalue weighted by atomic mass is 9.74. The van der Waals surface area contributed by atoms with E-state index < -0.39 is 41.6 Å². The van der Waals surface area contributed by atoms with E-state index in [4.69, 9.17) is 10.8 Å². The smallest absolute Gasteiger partial charge is 0.411 e. The number of rotatable bonds is 7. The van der Waals surface area contributed by atoms with Crippen molar-refractivity contribution in [3.8, 4) is 0 Å². The first-order chi connectivity index (χ1) is 12.4. The second-order valence-electron chi connectivity index (χ2n) is 7.69. The average molecular weight is 370 g/mol. The maximum atomic E-state index is 12.7. The van der Waals surface area contributed by atoms with Crippen LogP contribution in [0.25, 0.3) is 0 Å². The van der Waals surface area contributed by atoms with Crippen molar-refractivity contribution in [3.05, 3.63) is 12.7 Å². The number of carboxylic acids is 1. The van der Waals surface area contributed by atoms with Gasteiger partial charge in [-0.1, -0.05) is 31.9 Å². The Bertz CT molecular complexity index is 567. The summed E-state index contributed by atoms with van der Waals surface area (Å²) in [6, 6.07) is 0. The van der Waals surface area contributed by atoms with Crippen LogP contribution in [0.2, 0.25) is 0 Å². The van der Waals surface area contributed by atoms with E-state index in [0.29, 0.717) is 17.7 Å². The number of amides is 1. The van der Waals surface area contributed by atoms with Crippen LogP contribution in [0.4, 0.5) is 4.79 Å². The van der Waals surface area contributed by atoms with Gasteiger partial charge in [-0.15, -0.1) is 0 Å². The summed E-state index contributed by atoms with van der Waals surface area (Å²) in [6.45, 7) is 7.73. The SMILES string of the molecule is [2H]C(C(=O)OC(C)(C)C)N(C(=O)OCC=C)[C@@](C)(C(=O)O)C1CCCCC1. The van der Waals surface area contributed by atoms with Crippen LogP contribution in [0.3, 0.4) is 0 Å². The zero-order valence-corrected chi connectivity index (χ0v) is 16.1. The van der Waals surface area contributed by atoms with Crippen molar-refractivity contribution in [2.24, 2.45) is 5.92 Å². The molecular weight excluding hydrogens is 338 g/mol. The fourth-order valence-electron chi connectivity index (χ4n) is 3.15. The zero-order valence-electron chi connectivity index (χ0n) is 17.1. The van der Waals surface area contributed by atoms with E-state index in [-0.39, 0.29) is 6.61 Å². The van der Waals surface area contributed by atoms with Crippen LogP contribution in [0, 0.1) is 5.92 Å². The van der Waals surface area contributed by atoms with Crippen LogP contribution < -0.4 is 0 Å². The molecule has 1 rings (SSSR count). The van der Waals surface area contributed by atoms with Crippen LogP contribution in [0.1, 0.15) is 61.2 Å². The highest BCUT2D eigenvalue weighted by Crippen LogP contribution is 2.37. The molecule has 1 fully saturated rings. The largest absolute Gasteiger partial charge is 0.479 e. The van der Waals surface area contributed by atoms with Gasteiger partial charge in [0.15, 0.2) is 0 Å². The van der Waals surface area contributed by atoms with Crippen LogP contribution in [0.15, 0.2) is 12.7 Å². The van der Waals surface area contributed by atoms with Crippen LogP contribution >= 0.6 is 0 Å². The van der Waals surface area contributed by atoms with Crippen LogP contribution in [-0.4, -0.2) is 52.3 Å². The highest BCUT2D eigenvalue weighted by Gasteiger charge is 2.50. The van der Waals surface area contributed by atoms with Gasteiger partial charge in [0.2, 0.25) is 0 Å². The highest BCUT2D eigenvalue weighted by atomic mass is 16.6. The molecule has 0 saturated heterocycles. The number of carbonyl (C=O) groups excluding carboxylic acids is 2. The quantitative estimate of drug-likeness (QED) is 0.545. The molecule has 1 aliphatic carbocycles. The minimum absolute atomic E-state index is 0.156. The molecule has 2 atom stereocenters. The summed E-state index contributed by atoms with van der Waals surface area (Å²) in [5.74, 6) is -2.66. The van der Waals surface area contributed by atoms with E-state index in [1.54, 1.807) is 20.8 Å². The molecule has 1 aliphatic rings. The normalized spacial score (nSPS) is 19.5. The van der Waals surface area contributed by atoms with Gasteiger partial charge in [-0.05, 0) is 46.5 Å². The Morgan fingerprint density at radius 2 is 1.81 bits per heavy atom. The number of hydrogen-bond acceptors (Lipinski definition) is 5. The Balaban J connectivity index is 3.31. The number of carboxylic acid groups (broad SMARTS) is 1. The Morgan fingerprint density at radius 1 is 1.23 bits per heavy atom. The summed E-state index contributed by atoms with van der Waals surface area (Å²) in [6.07, 6.45) is 4.13. The summed E-state index contributed by atoms with van der Waals surface area (Å²) in [5, 5.41) is 9.99. The second-order valence-corrected chi connectivity index (χ2v) is 7.69. The van der Waals surface area contributed by atoms with E-state index in [1.165, 1.54) is 13.0 Å². The molecule has 0 aliphatic heterocycles. The summed E-state index contributed by atoms with van der Waals surface area (Å²) in [7, 11) is 0. The Morgan fingerprint density at radius 3 is 2.27 bits per heavy atom. The molecule has 0 radical (unpaired) electrons. The maximum absolute atomic E-state index is 12.7. The van der Waals surface area contributed by atoms with E-state index in [2.05, 4.69) is 6.58 Å². The van der Waals surface area contributed by atoms with Crippen LogP contribution in [0.5, 0.6) is 0 Å². The number of nitrogens with zero attached hydrogens (tertiary/aromatic N) is 1. The number of ether oxygens (including phenoxy) is 2. The number of aliphatic carboxylic acids is 1. The number of hydrogen-bond donors (Lipinski definition) is 1. The molecule has 1 saturated carbocycles. The maximum Gasteiger partial charge on any atom is 0.411 e. The standard InChI is InChI=1S/C19H31NO6/c1-6-12-25-17(24)20(13-15(21)26-18(2,3)4)19(5,16(22)23)14-10-8-7-9-11-14/h6,14H,1,7-13H2,2-5H3,(H,22,23)/t19-/m1/s1/i13D/t13?,19-. The van der Waals surface area contributed by atoms with E-state index >= 15 is 0 Å². The lowest BCUT2D eigenvalue weighted by Crippen LogP contribution is -2.61. The lowest BCUT2D eigenvalue weighted by molar-refractivity contribution is -0.163. The van der Waals surface area contributed by atoms with Crippen molar-refractivity contribution >= 4 is 18.0 Å². The third-order valence-corrected chi connectivity index (χ3v) is 4.50. The Labute approximate surface area is 156 Å². The molecule has 1 amide bonds. The Hall–Kier alpha value is -2.05. The predicted molar refractivity (Wildman–Crippen MR) is 96.7 cm³/mol. The number of carbonyl (C=O) groups is 3. The molecule has 26 heavy (non-hydrogen) atoms. The molecule has 0 heterocycles. The van der Waals surface area contributed by atoms with E-state index in [0.717, 1.165) is 19.3 Å². The van der Waals surface area contributed by atoms with E-state index in [9.17, 15) is 19.5 Å². The lowest BCUT2D eigenvalue weighted by Gasteiger charge is -2.43. The molecule has 0 bridgehead atoms. The molecule has 7 heteroatoms. The van der Waals surface area contributed by atoms with Gasteiger partial charge >= 0.3 is 18.0 Å². The average Bonchev–Trinajstić information content (AvgIpc) is 2.58. The first-order valence-electron chi connectivity index (χ1n) is 9.48. The van der Waals surface area contributed by atoms with Crippen LogP contribution in [-0.2, 0) is 19.1 Å². The van der Waals surface area contributed by atoms with Crippen molar-refractivity contribution in [1.29, 1.82) is 0 Å². The Kier molecular flexibility index (Phi) is 7.06. The molecule has 0 aromatic heterocycles. The third-order valence-electron chi connectivity index (χ3n) is 4.50. The first-order valence-corrected chi connectivity index (χ1v) is 8.90. The monoisotopic (exact) mass is 370 g/mol. The fraction of sp³-hybridized carbons (Fsp3) is 0.737. The van der Waals surface area contributed by atoms with Gasteiger partial charge in [-0.3, -0.25) is 9.69 Å². The molecule has 1 N–H and O–H groups in total. The van der Waals surface area contributed by atoms with Gasteiger partial charge in [0.25, 0.3) is 0 Å². The van der Waals surface area contributed by atoms with Crippen molar-refractivity contribution in [2.75, 3.05) is 13.1 Å². The fourth-order valence-corrected chi connectivity index (χ4v) is 3.15. The second kappa shape index (κ2) is 9.05. The third kappa shape index (κ3) is 5.75. The van der Waals surface area contributed by atoms with Gasteiger partial charge < -0.3 is 14.6 Å². The van der Waals surface area contributed by atoms with Crippen molar-refractivity contribution in [2.45, 2.75) is 70.9 Å².